The number of hydrogen-bond donors (Lipinski definition) is 2. The molecule has 0 saturated heterocycles. The van der Waals surface area contributed by atoms with Crippen LogP contribution in [0.1, 0.15) is 56.8 Å². The zero-order valence-electron chi connectivity index (χ0n) is 16.7. The van der Waals surface area contributed by atoms with Gasteiger partial charge in [-0.3, -0.25) is 10.3 Å². The quantitative estimate of drug-likeness (QED) is 0.768. The summed E-state index contributed by atoms with van der Waals surface area (Å²) in [6.45, 7) is 8.94. The Morgan fingerprint density at radius 3 is 2.52 bits per heavy atom. The number of rotatable bonds is 6. The Kier molecular flexibility index (Phi) is 6.17. The minimum Gasteiger partial charge on any atom is -0.504 e. The van der Waals surface area contributed by atoms with Crippen molar-refractivity contribution < 1.29 is 9.84 Å². The summed E-state index contributed by atoms with van der Waals surface area (Å²) in [5.74, 6) is 1.12. The highest BCUT2D eigenvalue weighted by atomic mass is 16.5. The lowest BCUT2D eigenvalue weighted by Gasteiger charge is -2.32. The van der Waals surface area contributed by atoms with Gasteiger partial charge < -0.3 is 9.84 Å². The summed E-state index contributed by atoms with van der Waals surface area (Å²) in [5, 5.41) is 14.3. The average Bonchev–Trinajstić information content (AvgIpc) is 2.69. The molecule has 0 amide bonds. The largest absolute Gasteiger partial charge is 0.504 e. The SMILES string of the molecule is CCOc1cccc([C@H]2CC(c3ccc(CC)cc3)=N[C@@H](C(C)C)N2)c1O. The number of aryl methyl sites for hydroxylation is 1. The molecule has 4 nitrogen and oxygen atoms in total. The second kappa shape index (κ2) is 8.57. The van der Waals surface area contributed by atoms with Crippen molar-refractivity contribution in [3.63, 3.8) is 0 Å². The standard InChI is InChI=1S/C23H30N2O2/c1-5-16-10-12-17(13-11-16)19-14-20(25-23(24-19)15(3)4)18-8-7-9-21(22(18)26)27-6-2/h7-13,15,20,23,25-26H,5-6,14H2,1-4H3/t20-,23-/m1/s1. The monoisotopic (exact) mass is 366 g/mol. The molecule has 0 spiro atoms. The van der Waals surface area contributed by atoms with Gasteiger partial charge in [-0.15, -0.1) is 0 Å². The summed E-state index contributed by atoms with van der Waals surface area (Å²) in [5.41, 5.74) is 4.43. The van der Waals surface area contributed by atoms with E-state index in [-0.39, 0.29) is 18.0 Å². The molecule has 0 fully saturated rings. The predicted octanol–water partition coefficient (Wildman–Crippen LogP) is 4.86. The molecule has 2 aromatic carbocycles. The molecular formula is C23H30N2O2. The van der Waals surface area contributed by atoms with E-state index in [9.17, 15) is 5.11 Å². The molecule has 27 heavy (non-hydrogen) atoms. The van der Waals surface area contributed by atoms with Gasteiger partial charge in [0.15, 0.2) is 11.5 Å². The van der Waals surface area contributed by atoms with Gasteiger partial charge in [-0.25, -0.2) is 0 Å². The highest BCUT2D eigenvalue weighted by Crippen LogP contribution is 2.37. The molecule has 0 radical (unpaired) electrons. The number of para-hydroxylation sites is 1. The summed E-state index contributed by atoms with van der Waals surface area (Å²) in [6.07, 6.45) is 1.78. The van der Waals surface area contributed by atoms with Crippen molar-refractivity contribution in [1.29, 1.82) is 0 Å². The molecule has 2 aromatic rings. The third kappa shape index (κ3) is 4.33. The Labute approximate surface area is 162 Å². The summed E-state index contributed by atoms with van der Waals surface area (Å²) < 4.78 is 5.57. The van der Waals surface area contributed by atoms with Crippen LogP contribution in [-0.2, 0) is 6.42 Å². The highest BCUT2D eigenvalue weighted by Gasteiger charge is 2.29. The molecule has 1 aliphatic heterocycles. The van der Waals surface area contributed by atoms with Gasteiger partial charge in [0.1, 0.15) is 6.17 Å². The van der Waals surface area contributed by atoms with E-state index in [1.54, 1.807) is 0 Å². The predicted molar refractivity (Wildman–Crippen MR) is 111 cm³/mol. The van der Waals surface area contributed by atoms with Gasteiger partial charge in [0.05, 0.1) is 6.61 Å². The molecule has 144 valence electrons. The summed E-state index contributed by atoms with van der Waals surface area (Å²) >= 11 is 0. The van der Waals surface area contributed by atoms with E-state index < -0.39 is 0 Å². The number of phenols is 1. The number of aliphatic imine (C=N–C) groups is 1. The van der Waals surface area contributed by atoms with Crippen LogP contribution < -0.4 is 10.1 Å². The van der Waals surface area contributed by atoms with Crippen LogP contribution in [0.2, 0.25) is 0 Å². The average molecular weight is 367 g/mol. The maximum atomic E-state index is 10.7. The molecule has 2 N–H and O–H groups in total. The lowest BCUT2D eigenvalue weighted by molar-refractivity contribution is 0.309. The first-order valence-corrected chi connectivity index (χ1v) is 9.90. The second-order valence-electron chi connectivity index (χ2n) is 7.37. The first-order chi connectivity index (χ1) is 13.0. The van der Waals surface area contributed by atoms with Gasteiger partial charge in [-0.05, 0) is 36.5 Å². The molecule has 0 unspecified atom stereocenters. The maximum absolute atomic E-state index is 10.7. The van der Waals surface area contributed by atoms with E-state index in [0.717, 1.165) is 29.7 Å². The van der Waals surface area contributed by atoms with Gasteiger partial charge in [0.2, 0.25) is 0 Å². The Morgan fingerprint density at radius 2 is 1.89 bits per heavy atom. The number of nitrogens with one attached hydrogen (secondary N) is 1. The van der Waals surface area contributed by atoms with Gasteiger partial charge in [-0.2, -0.15) is 0 Å². The molecular weight excluding hydrogens is 336 g/mol. The Bertz CT molecular complexity index is 797. The van der Waals surface area contributed by atoms with Crippen molar-refractivity contribution in [3.8, 4) is 11.5 Å². The third-order valence-electron chi connectivity index (χ3n) is 5.10. The number of hydrogen-bond acceptors (Lipinski definition) is 4. The summed E-state index contributed by atoms with van der Waals surface area (Å²) in [4.78, 5) is 4.96. The molecule has 3 rings (SSSR count). The van der Waals surface area contributed by atoms with E-state index in [1.807, 2.05) is 25.1 Å². The Balaban J connectivity index is 1.94. The minimum absolute atomic E-state index is 0.00356. The van der Waals surface area contributed by atoms with E-state index >= 15 is 0 Å². The summed E-state index contributed by atoms with van der Waals surface area (Å²) in [7, 11) is 0. The normalized spacial score (nSPS) is 19.8. The topological polar surface area (TPSA) is 53.8 Å². The maximum Gasteiger partial charge on any atom is 0.162 e. The number of ether oxygens (including phenoxy) is 1. The highest BCUT2D eigenvalue weighted by molar-refractivity contribution is 6.01. The first kappa shape index (κ1) is 19.4. The Hall–Kier alpha value is -2.33. The molecule has 0 aromatic heterocycles. The number of aromatic hydroxyl groups is 1. The fraction of sp³-hybridized carbons (Fsp3) is 0.435. The Morgan fingerprint density at radius 1 is 1.15 bits per heavy atom. The van der Waals surface area contributed by atoms with Crippen molar-refractivity contribution in [1.82, 2.24) is 5.32 Å². The van der Waals surface area contributed by atoms with E-state index in [1.165, 1.54) is 5.56 Å². The fourth-order valence-corrected chi connectivity index (χ4v) is 3.48. The second-order valence-corrected chi connectivity index (χ2v) is 7.37. The van der Waals surface area contributed by atoms with Crippen LogP contribution in [0.4, 0.5) is 0 Å². The summed E-state index contributed by atoms with van der Waals surface area (Å²) in [6, 6.07) is 14.4. The number of phenolic OH excluding ortho intramolecular Hbond substituents is 1. The fourth-order valence-electron chi connectivity index (χ4n) is 3.48. The van der Waals surface area contributed by atoms with Crippen molar-refractivity contribution >= 4 is 5.71 Å². The third-order valence-corrected chi connectivity index (χ3v) is 5.10. The van der Waals surface area contributed by atoms with E-state index in [0.29, 0.717) is 18.3 Å². The van der Waals surface area contributed by atoms with E-state index in [2.05, 4.69) is 50.4 Å². The molecule has 4 heteroatoms. The first-order valence-electron chi connectivity index (χ1n) is 9.90. The van der Waals surface area contributed by atoms with Crippen LogP contribution in [-0.4, -0.2) is 23.6 Å². The van der Waals surface area contributed by atoms with Crippen molar-refractivity contribution in [2.24, 2.45) is 10.9 Å². The lowest BCUT2D eigenvalue weighted by Crippen LogP contribution is -2.41. The zero-order valence-corrected chi connectivity index (χ0v) is 16.7. The van der Waals surface area contributed by atoms with Crippen LogP contribution in [0.15, 0.2) is 47.5 Å². The number of benzene rings is 2. The van der Waals surface area contributed by atoms with E-state index in [4.69, 9.17) is 9.73 Å². The lowest BCUT2D eigenvalue weighted by atomic mass is 9.92. The van der Waals surface area contributed by atoms with Crippen molar-refractivity contribution in [2.45, 2.75) is 52.7 Å². The van der Waals surface area contributed by atoms with Gasteiger partial charge >= 0.3 is 0 Å². The van der Waals surface area contributed by atoms with Crippen molar-refractivity contribution in [3.05, 3.63) is 59.2 Å². The van der Waals surface area contributed by atoms with Crippen LogP contribution in [0, 0.1) is 5.92 Å². The van der Waals surface area contributed by atoms with Crippen LogP contribution in [0.3, 0.4) is 0 Å². The zero-order chi connectivity index (χ0) is 19.4. The van der Waals surface area contributed by atoms with Crippen LogP contribution >= 0.6 is 0 Å². The molecule has 1 heterocycles. The molecule has 1 aliphatic rings. The number of nitrogens with zero attached hydrogens (tertiary/aromatic N) is 1. The van der Waals surface area contributed by atoms with Crippen molar-refractivity contribution in [2.75, 3.05) is 6.61 Å². The molecule has 0 saturated carbocycles. The minimum atomic E-state index is -0.00356. The van der Waals surface area contributed by atoms with Gasteiger partial charge in [0.25, 0.3) is 0 Å². The smallest absolute Gasteiger partial charge is 0.162 e. The van der Waals surface area contributed by atoms with Gasteiger partial charge in [-0.1, -0.05) is 57.2 Å². The molecule has 0 aliphatic carbocycles. The van der Waals surface area contributed by atoms with Crippen LogP contribution in [0.25, 0.3) is 0 Å². The molecule has 0 bridgehead atoms. The van der Waals surface area contributed by atoms with Gasteiger partial charge in [0, 0.05) is 23.7 Å². The van der Waals surface area contributed by atoms with Crippen LogP contribution in [0.5, 0.6) is 11.5 Å². The molecule has 2 atom stereocenters.